The Morgan fingerprint density at radius 1 is 1.24 bits per heavy atom. The number of ether oxygens (including phenoxy) is 2. The van der Waals surface area contributed by atoms with Crippen molar-refractivity contribution in [1.29, 1.82) is 0 Å². The van der Waals surface area contributed by atoms with Gasteiger partial charge in [-0.3, -0.25) is 4.79 Å². The van der Waals surface area contributed by atoms with Crippen LogP contribution in [0.25, 0.3) is 11.4 Å². The van der Waals surface area contributed by atoms with E-state index in [1.807, 2.05) is 42.7 Å². The molecule has 1 amide bonds. The molecule has 0 aliphatic rings. The monoisotopic (exact) mass is 440 g/mol. The van der Waals surface area contributed by atoms with Gasteiger partial charge in [-0.2, -0.15) is 0 Å². The molecule has 1 aromatic carbocycles. The number of benzene rings is 1. The van der Waals surface area contributed by atoms with E-state index in [1.54, 1.807) is 7.11 Å². The maximum Gasteiger partial charge on any atom is 0.230 e. The van der Waals surface area contributed by atoms with Crippen molar-refractivity contribution in [2.24, 2.45) is 0 Å². The highest BCUT2D eigenvalue weighted by molar-refractivity contribution is 7.99. The first-order valence-electron chi connectivity index (χ1n) is 9.71. The van der Waals surface area contributed by atoms with Gasteiger partial charge < -0.3 is 19.4 Å². The van der Waals surface area contributed by atoms with Crippen LogP contribution < -0.4 is 5.32 Å². The van der Waals surface area contributed by atoms with Crippen molar-refractivity contribution in [3.8, 4) is 11.4 Å². The molecule has 7 nitrogen and oxygen atoms in total. The third kappa shape index (κ3) is 7.97. The molecule has 1 N–H and O–H groups in total. The largest absolute Gasteiger partial charge is 0.385 e. The molecule has 1 aromatic heterocycles. The summed E-state index contributed by atoms with van der Waals surface area (Å²) in [4.78, 5) is 12.1. The highest BCUT2D eigenvalue weighted by Crippen LogP contribution is 2.29. The Morgan fingerprint density at radius 2 is 2.03 bits per heavy atom. The second-order valence-corrected chi connectivity index (χ2v) is 8.05. The quantitative estimate of drug-likeness (QED) is 0.378. The fourth-order valence-corrected chi connectivity index (χ4v) is 3.62. The summed E-state index contributed by atoms with van der Waals surface area (Å²) in [7, 11) is 1.67. The Hall–Kier alpha value is -1.61. The van der Waals surface area contributed by atoms with Crippen molar-refractivity contribution in [3.63, 3.8) is 0 Å². The molecule has 0 spiro atoms. The van der Waals surface area contributed by atoms with E-state index in [9.17, 15) is 4.79 Å². The van der Waals surface area contributed by atoms with Crippen LogP contribution in [-0.2, 0) is 20.8 Å². The van der Waals surface area contributed by atoms with Crippen LogP contribution in [-0.4, -0.2) is 59.4 Å². The molecule has 9 heteroatoms. The van der Waals surface area contributed by atoms with Gasteiger partial charge in [-0.15, -0.1) is 10.2 Å². The summed E-state index contributed by atoms with van der Waals surface area (Å²) >= 11 is 7.71. The van der Waals surface area contributed by atoms with Crippen LogP contribution in [0.4, 0.5) is 0 Å². The Kier molecular flexibility index (Phi) is 10.5. The molecule has 0 aliphatic heterocycles. The Bertz CT molecular complexity index is 770. The van der Waals surface area contributed by atoms with Crippen LogP contribution in [0.1, 0.15) is 26.7 Å². The fraction of sp³-hybridized carbons (Fsp3) is 0.550. The minimum Gasteiger partial charge on any atom is -0.385 e. The number of rotatable bonds is 13. The lowest BCUT2D eigenvalue weighted by Gasteiger charge is -2.11. The van der Waals surface area contributed by atoms with Gasteiger partial charge >= 0.3 is 0 Å². The Balaban J connectivity index is 1.97. The summed E-state index contributed by atoms with van der Waals surface area (Å²) in [5.74, 6) is 0.932. The van der Waals surface area contributed by atoms with Crippen molar-refractivity contribution < 1.29 is 14.3 Å². The lowest BCUT2D eigenvalue weighted by Crippen LogP contribution is -2.27. The smallest absolute Gasteiger partial charge is 0.230 e. The van der Waals surface area contributed by atoms with Crippen molar-refractivity contribution in [3.05, 3.63) is 29.3 Å². The van der Waals surface area contributed by atoms with Crippen LogP contribution >= 0.6 is 23.4 Å². The molecular formula is C20H29ClN4O3S. The zero-order valence-electron chi connectivity index (χ0n) is 17.2. The molecule has 0 atom stereocenters. The van der Waals surface area contributed by atoms with Crippen LogP contribution in [0.5, 0.6) is 0 Å². The van der Waals surface area contributed by atoms with Crippen LogP contribution in [0.15, 0.2) is 29.4 Å². The second kappa shape index (κ2) is 12.8. The number of nitrogens with zero attached hydrogens (tertiary/aromatic N) is 3. The molecule has 0 aliphatic carbocycles. The fourth-order valence-electron chi connectivity index (χ4n) is 2.61. The van der Waals surface area contributed by atoms with Gasteiger partial charge in [-0.1, -0.05) is 35.5 Å². The lowest BCUT2D eigenvalue weighted by molar-refractivity contribution is -0.118. The maximum atomic E-state index is 12.1. The molecule has 1 heterocycles. The normalized spacial score (nSPS) is 11.2. The molecule has 2 aromatic rings. The number of carbonyl (C=O) groups excluding carboxylic acids is 1. The highest BCUT2D eigenvalue weighted by Gasteiger charge is 2.17. The molecule has 0 radical (unpaired) electrons. The minimum atomic E-state index is -0.0368. The van der Waals surface area contributed by atoms with Crippen LogP contribution in [0.2, 0.25) is 5.02 Å². The van der Waals surface area contributed by atoms with Crippen molar-refractivity contribution >= 4 is 29.3 Å². The molecule has 160 valence electrons. The van der Waals surface area contributed by atoms with E-state index < -0.39 is 0 Å². The van der Waals surface area contributed by atoms with E-state index in [0.29, 0.717) is 42.3 Å². The van der Waals surface area contributed by atoms with Crippen molar-refractivity contribution in [1.82, 2.24) is 20.1 Å². The third-order valence-corrected chi connectivity index (χ3v) is 5.28. The molecule has 29 heavy (non-hydrogen) atoms. The number of halogens is 1. The first-order valence-corrected chi connectivity index (χ1v) is 11.1. The standard InChI is InChI=1S/C20H29ClN4O3S/c1-15(2)28-13-6-10-22-18(26)14-29-20-24-23-19(25(20)11-7-12-27-3)16-8-4-5-9-17(16)21/h4-5,8-9,15H,6-7,10-14H2,1-3H3,(H,22,26). The van der Waals surface area contributed by atoms with Gasteiger partial charge in [-0.05, 0) is 38.8 Å². The maximum absolute atomic E-state index is 12.1. The Labute approximate surface area is 181 Å². The van der Waals surface area contributed by atoms with E-state index in [-0.39, 0.29) is 17.8 Å². The molecule has 0 saturated carbocycles. The minimum absolute atomic E-state index is 0.0368. The number of methoxy groups -OCH3 is 1. The van der Waals surface area contributed by atoms with E-state index in [1.165, 1.54) is 11.8 Å². The SMILES string of the molecule is COCCCn1c(SCC(=O)NCCCOC(C)C)nnc1-c1ccccc1Cl. The summed E-state index contributed by atoms with van der Waals surface area (Å²) < 4.78 is 12.6. The number of aromatic nitrogens is 3. The zero-order valence-corrected chi connectivity index (χ0v) is 18.8. The second-order valence-electron chi connectivity index (χ2n) is 6.70. The lowest BCUT2D eigenvalue weighted by atomic mass is 10.2. The number of hydrogen-bond donors (Lipinski definition) is 1. The number of carbonyl (C=O) groups is 1. The van der Waals surface area contributed by atoms with Gasteiger partial charge in [-0.25, -0.2) is 0 Å². The van der Waals surface area contributed by atoms with E-state index in [0.717, 1.165) is 18.4 Å². The van der Waals surface area contributed by atoms with Gasteiger partial charge in [0.2, 0.25) is 5.91 Å². The summed E-state index contributed by atoms with van der Waals surface area (Å²) in [5, 5.41) is 12.8. The predicted octanol–water partition coefficient (Wildman–Crippen LogP) is 3.66. The van der Waals surface area contributed by atoms with Crippen LogP contribution in [0, 0.1) is 0 Å². The van der Waals surface area contributed by atoms with Crippen molar-refractivity contribution in [2.75, 3.05) is 32.6 Å². The third-order valence-electron chi connectivity index (χ3n) is 3.99. The average Bonchev–Trinajstić information content (AvgIpc) is 3.09. The van der Waals surface area contributed by atoms with Crippen LogP contribution in [0.3, 0.4) is 0 Å². The Morgan fingerprint density at radius 3 is 2.76 bits per heavy atom. The molecule has 2 rings (SSSR count). The van der Waals surface area contributed by atoms with E-state index in [4.69, 9.17) is 21.1 Å². The van der Waals surface area contributed by atoms with Gasteiger partial charge in [0.1, 0.15) is 0 Å². The molecule has 0 bridgehead atoms. The van der Waals surface area contributed by atoms with E-state index >= 15 is 0 Å². The predicted molar refractivity (Wildman–Crippen MR) is 116 cm³/mol. The highest BCUT2D eigenvalue weighted by atomic mass is 35.5. The van der Waals surface area contributed by atoms with Gasteiger partial charge in [0.15, 0.2) is 11.0 Å². The van der Waals surface area contributed by atoms with Gasteiger partial charge in [0, 0.05) is 39.0 Å². The van der Waals surface area contributed by atoms with Crippen molar-refractivity contribution in [2.45, 2.75) is 44.5 Å². The molecule has 0 unspecified atom stereocenters. The van der Waals surface area contributed by atoms with Gasteiger partial charge in [0.05, 0.1) is 16.9 Å². The molecule has 0 fully saturated rings. The summed E-state index contributed by atoms with van der Waals surface area (Å²) in [6, 6.07) is 7.54. The van der Waals surface area contributed by atoms with Gasteiger partial charge in [0.25, 0.3) is 0 Å². The number of amides is 1. The average molecular weight is 441 g/mol. The first kappa shape index (κ1) is 23.7. The summed E-state index contributed by atoms with van der Waals surface area (Å²) in [6.45, 7) is 6.53. The summed E-state index contributed by atoms with van der Waals surface area (Å²) in [5.41, 5.74) is 0.820. The zero-order chi connectivity index (χ0) is 21.1. The van der Waals surface area contributed by atoms with E-state index in [2.05, 4.69) is 15.5 Å². The molecule has 0 saturated heterocycles. The first-order chi connectivity index (χ1) is 14.0. The number of thioether (sulfide) groups is 1. The topological polar surface area (TPSA) is 78.3 Å². The summed E-state index contributed by atoms with van der Waals surface area (Å²) in [6.07, 6.45) is 1.80. The number of hydrogen-bond acceptors (Lipinski definition) is 6. The molecular weight excluding hydrogens is 412 g/mol. The number of nitrogens with one attached hydrogen (secondary N) is 1.